The third kappa shape index (κ3) is 6.28. The molecule has 162 valence electrons. The predicted octanol–water partition coefficient (Wildman–Crippen LogP) is 3.36. The smallest absolute Gasteiger partial charge is 0.486 e. The number of carbonyl (C=O) groups is 1. The number of benzene rings is 2. The molecule has 1 aliphatic heterocycles. The molecule has 9 heteroatoms. The number of likely N-dealkylation sites (N-methyl/N-ethyl adjacent to an activating group) is 1. The summed E-state index contributed by atoms with van der Waals surface area (Å²) in [6.07, 6.45) is -5.02. The number of halogens is 3. The van der Waals surface area contributed by atoms with Crippen LogP contribution < -0.4 is 19.5 Å². The molecular formula is C21H23F3N2O4. The van der Waals surface area contributed by atoms with Gasteiger partial charge in [-0.25, -0.2) is 0 Å². The number of hydrogen-bond acceptors (Lipinski definition) is 5. The van der Waals surface area contributed by atoms with Crippen LogP contribution in [0.15, 0.2) is 48.5 Å². The Morgan fingerprint density at radius 1 is 1.17 bits per heavy atom. The molecule has 1 aliphatic rings. The van der Waals surface area contributed by atoms with Crippen molar-refractivity contribution < 1.29 is 32.2 Å². The van der Waals surface area contributed by atoms with Crippen molar-refractivity contribution in [3.63, 3.8) is 0 Å². The average molecular weight is 424 g/mol. The van der Waals surface area contributed by atoms with Crippen LogP contribution in [0.1, 0.15) is 12.5 Å². The lowest BCUT2D eigenvalue weighted by atomic mass is 10.2. The van der Waals surface area contributed by atoms with Crippen molar-refractivity contribution in [1.82, 2.24) is 10.2 Å². The summed E-state index contributed by atoms with van der Waals surface area (Å²) < 4.78 is 53.2. The molecule has 0 spiro atoms. The molecule has 1 amide bonds. The van der Waals surface area contributed by atoms with Gasteiger partial charge in [-0.3, -0.25) is 9.69 Å². The largest absolute Gasteiger partial charge is 0.573 e. The molecule has 0 radical (unpaired) electrons. The predicted molar refractivity (Wildman–Crippen MR) is 103 cm³/mol. The van der Waals surface area contributed by atoms with Crippen LogP contribution in [-0.4, -0.2) is 49.5 Å². The number of ether oxygens (including phenoxy) is 3. The molecule has 0 fully saturated rings. The number of para-hydroxylation sites is 3. The minimum atomic E-state index is -4.79. The Labute approximate surface area is 172 Å². The van der Waals surface area contributed by atoms with Gasteiger partial charge in [0.15, 0.2) is 11.5 Å². The molecular weight excluding hydrogens is 401 g/mol. The second kappa shape index (κ2) is 9.71. The van der Waals surface area contributed by atoms with Crippen LogP contribution in [0.25, 0.3) is 0 Å². The molecule has 0 bridgehead atoms. The molecule has 1 heterocycles. The van der Waals surface area contributed by atoms with Crippen LogP contribution in [0.3, 0.4) is 0 Å². The normalized spacial score (nSPS) is 15.7. The average Bonchev–Trinajstić information content (AvgIpc) is 2.71. The standard InChI is InChI=1S/C21H23F3N2O4/c1-2-26(12-16-14-28-18-9-5-6-10-19(18)29-16)13-20(27)25-11-15-7-3-4-8-17(15)30-21(22,23)24/h3-10,16H,2,11-14H2,1H3,(H,25,27). The van der Waals surface area contributed by atoms with Gasteiger partial charge in [-0.15, -0.1) is 13.2 Å². The number of nitrogens with zero attached hydrogens (tertiary/aromatic N) is 1. The zero-order valence-corrected chi connectivity index (χ0v) is 16.4. The van der Waals surface area contributed by atoms with Crippen LogP contribution in [-0.2, 0) is 11.3 Å². The van der Waals surface area contributed by atoms with Crippen LogP contribution in [0, 0.1) is 0 Å². The lowest BCUT2D eigenvalue weighted by molar-refractivity contribution is -0.274. The second-order valence-corrected chi connectivity index (χ2v) is 6.76. The maximum Gasteiger partial charge on any atom is 0.573 e. The van der Waals surface area contributed by atoms with Crippen molar-refractivity contribution in [2.45, 2.75) is 25.9 Å². The summed E-state index contributed by atoms with van der Waals surface area (Å²) in [6, 6.07) is 13.1. The van der Waals surface area contributed by atoms with E-state index in [1.54, 1.807) is 6.07 Å². The van der Waals surface area contributed by atoms with Crippen molar-refractivity contribution in [3.8, 4) is 17.2 Å². The quantitative estimate of drug-likeness (QED) is 0.704. The van der Waals surface area contributed by atoms with Gasteiger partial charge < -0.3 is 19.5 Å². The number of fused-ring (bicyclic) bond motifs is 1. The van der Waals surface area contributed by atoms with Gasteiger partial charge in [0.25, 0.3) is 0 Å². The number of rotatable bonds is 8. The summed E-state index contributed by atoms with van der Waals surface area (Å²) in [4.78, 5) is 14.2. The van der Waals surface area contributed by atoms with Crippen LogP contribution >= 0.6 is 0 Å². The molecule has 2 aromatic carbocycles. The van der Waals surface area contributed by atoms with Crippen molar-refractivity contribution in [2.75, 3.05) is 26.2 Å². The summed E-state index contributed by atoms with van der Waals surface area (Å²) in [5.41, 5.74) is 0.242. The molecule has 0 aromatic heterocycles. The topological polar surface area (TPSA) is 60.0 Å². The van der Waals surface area contributed by atoms with E-state index in [0.717, 1.165) is 0 Å². The van der Waals surface area contributed by atoms with Gasteiger partial charge in [0.1, 0.15) is 18.5 Å². The van der Waals surface area contributed by atoms with Crippen molar-refractivity contribution in [2.24, 2.45) is 0 Å². The molecule has 0 saturated heterocycles. The summed E-state index contributed by atoms with van der Waals surface area (Å²) in [7, 11) is 0. The molecule has 2 aromatic rings. The number of alkyl halides is 3. The van der Waals surface area contributed by atoms with E-state index in [9.17, 15) is 18.0 Å². The van der Waals surface area contributed by atoms with Gasteiger partial charge in [0.05, 0.1) is 6.54 Å². The Balaban J connectivity index is 1.51. The lowest BCUT2D eigenvalue weighted by Crippen LogP contribution is -2.44. The first-order chi connectivity index (χ1) is 14.3. The zero-order chi connectivity index (χ0) is 21.6. The maximum absolute atomic E-state index is 12.5. The van der Waals surface area contributed by atoms with Gasteiger partial charge in [-0.2, -0.15) is 0 Å². The third-order valence-corrected chi connectivity index (χ3v) is 4.52. The Kier molecular flexibility index (Phi) is 7.04. The van der Waals surface area contributed by atoms with E-state index in [2.05, 4.69) is 10.1 Å². The minimum absolute atomic E-state index is 0.0704. The van der Waals surface area contributed by atoms with Crippen LogP contribution in [0.4, 0.5) is 13.2 Å². The highest BCUT2D eigenvalue weighted by Crippen LogP contribution is 2.31. The number of carbonyl (C=O) groups excluding carboxylic acids is 1. The molecule has 30 heavy (non-hydrogen) atoms. The Morgan fingerprint density at radius 3 is 2.60 bits per heavy atom. The number of amides is 1. The van der Waals surface area contributed by atoms with Gasteiger partial charge in [-0.1, -0.05) is 37.3 Å². The van der Waals surface area contributed by atoms with Gasteiger partial charge in [0, 0.05) is 18.7 Å². The van der Waals surface area contributed by atoms with E-state index in [1.165, 1.54) is 18.2 Å². The highest BCUT2D eigenvalue weighted by Gasteiger charge is 2.32. The Hall–Kier alpha value is -2.94. The highest BCUT2D eigenvalue weighted by atomic mass is 19.4. The van der Waals surface area contributed by atoms with Crippen LogP contribution in [0.5, 0.6) is 17.2 Å². The van der Waals surface area contributed by atoms with E-state index in [0.29, 0.717) is 31.2 Å². The summed E-state index contributed by atoms with van der Waals surface area (Å²) in [6.45, 7) is 3.38. The first kappa shape index (κ1) is 21.8. The SMILES string of the molecule is CCN(CC(=O)NCc1ccccc1OC(F)(F)F)CC1COc2ccccc2O1. The van der Waals surface area contributed by atoms with E-state index >= 15 is 0 Å². The van der Waals surface area contributed by atoms with E-state index in [4.69, 9.17) is 9.47 Å². The number of hydrogen-bond donors (Lipinski definition) is 1. The fourth-order valence-corrected chi connectivity index (χ4v) is 3.07. The maximum atomic E-state index is 12.5. The Morgan fingerprint density at radius 2 is 1.87 bits per heavy atom. The van der Waals surface area contributed by atoms with Crippen LogP contribution in [0.2, 0.25) is 0 Å². The van der Waals surface area contributed by atoms with E-state index in [1.807, 2.05) is 36.1 Å². The third-order valence-electron chi connectivity index (χ3n) is 4.52. The van der Waals surface area contributed by atoms with Crippen molar-refractivity contribution >= 4 is 5.91 Å². The highest BCUT2D eigenvalue weighted by molar-refractivity contribution is 5.78. The first-order valence-electron chi connectivity index (χ1n) is 9.55. The first-order valence-corrected chi connectivity index (χ1v) is 9.55. The Bertz CT molecular complexity index is 860. The number of nitrogens with one attached hydrogen (secondary N) is 1. The van der Waals surface area contributed by atoms with Gasteiger partial charge in [-0.05, 0) is 24.7 Å². The lowest BCUT2D eigenvalue weighted by Gasteiger charge is -2.30. The van der Waals surface area contributed by atoms with Gasteiger partial charge >= 0.3 is 6.36 Å². The molecule has 0 saturated carbocycles. The summed E-state index contributed by atoms with van der Waals surface area (Å²) >= 11 is 0. The molecule has 1 unspecified atom stereocenters. The molecule has 0 aliphatic carbocycles. The fourth-order valence-electron chi connectivity index (χ4n) is 3.07. The second-order valence-electron chi connectivity index (χ2n) is 6.76. The minimum Gasteiger partial charge on any atom is -0.486 e. The summed E-state index contributed by atoms with van der Waals surface area (Å²) in [5, 5.41) is 2.64. The molecule has 3 rings (SSSR count). The summed E-state index contributed by atoms with van der Waals surface area (Å²) in [5.74, 6) is 0.713. The van der Waals surface area contributed by atoms with E-state index in [-0.39, 0.29) is 36.4 Å². The monoisotopic (exact) mass is 424 g/mol. The molecule has 1 N–H and O–H groups in total. The van der Waals surface area contributed by atoms with Gasteiger partial charge in [0.2, 0.25) is 5.91 Å². The molecule has 1 atom stereocenters. The van der Waals surface area contributed by atoms with Crippen molar-refractivity contribution in [1.29, 1.82) is 0 Å². The fraction of sp³-hybridized carbons (Fsp3) is 0.381. The zero-order valence-electron chi connectivity index (χ0n) is 16.4. The molecule has 6 nitrogen and oxygen atoms in total. The van der Waals surface area contributed by atoms with Crippen molar-refractivity contribution in [3.05, 3.63) is 54.1 Å². The van der Waals surface area contributed by atoms with E-state index < -0.39 is 6.36 Å².